The van der Waals surface area contributed by atoms with Crippen LogP contribution in [0.4, 0.5) is 8.78 Å². The highest BCUT2D eigenvalue weighted by Gasteiger charge is 2.78. The highest BCUT2D eigenvalue weighted by atomic mass is 19.1. The normalized spacial score (nSPS) is 38.2. The third-order valence-corrected chi connectivity index (χ3v) is 10.8. The molecule has 5 nitrogen and oxygen atoms in total. The molecule has 2 aromatic carbocycles. The van der Waals surface area contributed by atoms with Crippen molar-refractivity contribution in [3.63, 3.8) is 0 Å². The van der Waals surface area contributed by atoms with Gasteiger partial charge in [0.1, 0.15) is 23.3 Å². The molecule has 0 amide bonds. The molecule has 208 valence electrons. The Hall–Kier alpha value is -2.35. The zero-order valence-electron chi connectivity index (χ0n) is 22.8. The molecule has 0 radical (unpaired) electrons. The fraction of sp³-hybridized carbons (Fsp3) is 0.594. The molecular weight excluding hydrogens is 498 g/mol. The van der Waals surface area contributed by atoms with Gasteiger partial charge in [-0.05, 0) is 60.6 Å². The molecule has 3 aliphatic heterocycles. The number of hydrogen-bond donors (Lipinski definition) is 0. The smallest absolute Gasteiger partial charge is 0.311 e. The number of carbonyl (C=O) groups is 1. The number of rotatable bonds is 5. The number of benzene rings is 2. The molecule has 7 rings (SSSR count). The summed E-state index contributed by atoms with van der Waals surface area (Å²) >= 11 is 0. The van der Waals surface area contributed by atoms with Gasteiger partial charge >= 0.3 is 5.97 Å². The molecule has 2 aliphatic carbocycles. The van der Waals surface area contributed by atoms with E-state index >= 15 is 0 Å². The summed E-state index contributed by atoms with van der Waals surface area (Å²) in [6.45, 7) is 8.64. The Kier molecular flexibility index (Phi) is 6.14. The van der Waals surface area contributed by atoms with Gasteiger partial charge in [-0.1, -0.05) is 44.5 Å². The molecule has 5 fully saturated rings. The first-order valence-corrected chi connectivity index (χ1v) is 14.6. The van der Waals surface area contributed by atoms with Crippen molar-refractivity contribution in [3.8, 4) is 0 Å². The lowest BCUT2D eigenvalue weighted by molar-refractivity contribution is -0.146. The number of piperazine rings is 1. The van der Waals surface area contributed by atoms with Gasteiger partial charge in [-0.15, -0.1) is 0 Å². The molecule has 0 unspecified atom stereocenters. The molecule has 7 atom stereocenters. The summed E-state index contributed by atoms with van der Waals surface area (Å²) < 4.78 is 40.0. The average molecular weight is 537 g/mol. The van der Waals surface area contributed by atoms with Crippen LogP contribution in [0.3, 0.4) is 0 Å². The standard InChI is InChI=1S/C32H38F2N2O3/c1-20-4-3-13-31(2)18-26-27(29-32(20,31)39-29)25(30(37)38-26)19-35-14-16-36(17-15-35)28(21-5-9-23(33)10-6-21)22-7-11-24(34)12-8-22/h5-12,20,25-29H,3-4,13-19H2,1-2H3/t20-,25-,26+,27+,29-,31+,32-/m0/s1. The van der Waals surface area contributed by atoms with Crippen molar-refractivity contribution in [1.82, 2.24) is 9.80 Å². The van der Waals surface area contributed by atoms with Crippen LogP contribution < -0.4 is 0 Å². The lowest BCUT2D eigenvalue weighted by Crippen LogP contribution is -2.55. The predicted molar refractivity (Wildman–Crippen MR) is 143 cm³/mol. The number of fused-ring (bicyclic) bond motifs is 2. The highest BCUT2D eigenvalue weighted by Crippen LogP contribution is 2.70. The van der Waals surface area contributed by atoms with Crippen LogP contribution >= 0.6 is 0 Å². The number of hydrogen-bond acceptors (Lipinski definition) is 5. The van der Waals surface area contributed by atoms with E-state index in [9.17, 15) is 13.6 Å². The van der Waals surface area contributed by atoms with Crippen LogP contribution in [-0.2, 0) is 14.3 Å². The van der Waals surface area contributed by atoms with Crippen molar-refractivity contribution in [2.75, 3.05) is 32.7 Å². The number of nitrogens with zero attached hydrogens (tertiary/aromatic N) is 2. The van der Waals surface area contributed by atoms with Crippen LogP contribution in [-0.4, -0.2) is 66.3 Å². The fourth-order valence-corrected chi connectivity index (χ4v) is 8.83. The topological polar surface area (TPSA) is 45.3 Å². The van der Waals surface area contributed by atoms with E-state index in [-0.39, 0.29) is 58.7 Å². The average Bonchev–Trinajstić information content (AvgIpc) is 3.61. The Morgan fingerprint density at radius 3 is 2.21 bits per heavy atom. The van der Waals surface area contributed by atoms with Crippen molar-refractivity contribution < 1.29 is 23.0 Å². The summed E-state index contributed by atoms with van der Waals surface area (Å²) in [4.78, 5) is 18.0. The van der Waals surface area contributed by atoms with Gasteiger partial charge in [0.15, 0.2) is 0 Å². The SMILES string of the molecule is C[C@H]1CCC[C@]2(C)C[C@H]3OC(=O)[C@@H](CN4CCN(C(c5ccc(F)cc5)c5ccc(F)cc5)CC4)[C@H]3[C@@H]3O[C@@]132. The molecule has 3 saturated heterocycles. The summed E-state index contributed by atoms with van der Waals surface area (Å²) in [5, 5.41) is 0. The lowest BCUT2D eigenvalue weighted by atomic mass is 9.53. The second-order valence-electron chi connectivity index (χ2n) is 12.9. The summed E-state index contributed by atoms with van der Waals surface area (Å²) in [5.41, 5.74) is 2.01. The van der Waals surface area contributed by atoms with E-state index in [4.69, 9.17) is 9.47 Å². The van der Waals surface area contributed by atoms with E-state index in [0.717, 1.165) is 50.1 Å². The Labute approximate surface area is 229 Å². The molecule has 0 bridgehead atoms. The minimum Gasteiger partial charge on any atom is -0.462 e. The third-order valence-electron chi connectivity index (χ3n) is 10.8. The highest BCUT2D eigenvalue weighted by molar-refractivity contribution is 5.76. The van der Waals surface area contributed by atoms with Crippen molar-refractivity contribution >= 4 is 5.97 Å². The number of carbonyl (C=O) groups excluding carboxylic acids is 1. The lowest BCUT2D eigenvalue weighted by Gasteiger charge is -2.49. The van der Waals surface area contributed by atoms with Gasteiger partial charge in [0.05, 0.1) is 18.1 Å². The Morgan fingerprint density at radius 1 is 0.974 bits per heavy atom. The minimum atomic E-state index is -0.268. The van der Waals surface area contributed by atoms with E-state index in [2.05, 4.69) is 23.6 Å². The quantitative estimate of drug-likeness (QED) is 0.389. The van der Waals surface area contributed by atoms with E-state index in [1.54, 1.807) is 0 Å². The third kappa shape index (κ3) is 4.07. The molecule has 39 heavy (non-hydrogen) atoms. The molecule has 7 heteroatoms. The molecule has 5 aliphatic rings. The number of halogens is 2. The first-order chi connectivity index (χ1) is 18.8. The number of epoxide rings is 1. The molecule has 0 N–H and O–H groups in total. The van der Waals surface area contributed by atoms with Gasteiger partial charge < -0.3 is 9.47 Å². The van der Waals surface area contributed by atoms with Gasteiger partial charge in [-0.25, -0.2) is 8.78 Å². The molecule has 1 spiro atoms. The zero-order valence-corrected chi connectivity index (χ0v) is 22.8. The number of ether oxygens (including phenoxy) is 2. The predicted octanol–water partition coefficient (Wildman–Crippen LogP) is 5.20. The van der Waals surface area contributed by atoms with Crippen LogP contribution in [0.25, 0.3) is 0 Å². The molecule has 2 aromatic rings. The van der Waals surface area contributed by atoms with Gasteiger partial charge in [0.2, 0.25) is 0 Å². The maximum Gasteiger partial charge on any atom is 0.311 e. The first-order valence-electron chi connectivity index (χ1n) is 14.6. The Balaban J connectivity index is 1.06. The van der Waals surface area contributed by atoms with Crippen LogP contribution in [0, 0.1) is 34.8 Å². The Bertz CT molecular complexity index is 1190. The maximum atomic E-state index is 13.7. The largest absolute Gasteiger partial charge is 0.462 e. The second kappa shape index (κ2) is 9.35. The molecule has 3 heterocycles. The van der Waals surface area contributed by atoms with Crippen molar-refractivity contribution in [2.24, 2.45) is 23.2 Å². The first kappa shape index (κ1) is 25.6. The van der Waals surface area contributed by atoms with Crippen LogP contribution in [0.2, 0.25) is 0 Å². The minimum absolute atomic E-state index is 0.0268. The van der Waals surface area contributed by atoms with Crippen LogP contribution in [0.5, 0.6) is 0 Å². The fourth-order valence-electron chi connectivity index (χ4n) is 8.83. The molecule has 2 saturated carbocycles. The van der Waals surface area contributed by atoms with Crippen LogP contribution in [0.15, 0.2) is 48.5 Å². The van der Waals surface area contributed by atoms with Gasteiger partial charge in [-0.3, -0.25) is 14.6 Å². The summed E-state index contributed by atoms with van der Waals surface area (Å²) in [7, 11) is 0. The van der Waals surface area contributed by atoms with E-state index in [0.29, 0.717) is 12.5 Å². The molecular formula is C32H38F2N2O3. The zero-order chi connectivity index (χ0) is 26.9. The van der Waals surface area contributed by atoms with E-state index in [1.165, 1.54) is 37.1 Å². The van der Waals surface area contributed by atoms with Gasteiger partial charge in [0, 0.05) is 44.1 Å². The summed E-state index contributed by atoms with van der Waals surface area (Å²) in [5.74, 6) is -0.0594. The van der Waals surface area contributed by atoms with Crippen LogP contribution in [0.1, 0.15) is 56.7 Å². The van der Waals surface area contributed by atoms with Gasteiger partial charge in [0.25, 0.3) is 0 Å². The second-order valence-corrected chi connectivity index (χ2v) is 12.9. The maximum absolute atomic E-state index is 13.7. The number of esters is 1. The summed E-state index contributed by atoms with van der Waals surface area (Å²) in [6, 6.07) is 13.1. The van der Waals surface area contributed by atoms with Crippen molar-refractivity contribution in [1.29, 1.82) is 0 Å². The van der Waals surface area contributed by atoms with Gasteiger partial charge in [-0.2, -0.15) is 0 Å². The van der Waals surface area contributed by atoms with E-state index in [1.807, 2.05) is 24.3 Å². The van der Waals surface area contributed by atoms with Crippen molar-refractivity contribution in [2.45, 2.75) is 63.4 Å². The van der Waals surface area contributed by atoms with Crippen molar-refractivity contribution in [3.05, 3.63) is 71.3 Å². The van der Waals surface area contributed by atoms with E-state index < -0.39 is 0 Å². The Morgan fingerprint density at radius 2 is 1.59 bits per heavy atom. The summed E-state index contributed by atoms with van der Waals surface area (Å²) in [6.07, 6.45) is 4.62. The molecule has 0 aromatic heterocycles. The monoisotopic (exact) mass is 536 g/mol.